The van der Waals surface area contributed by atoms with E-state index in [1.54, 1.807) is 6.07 Å². The van der Waals surface area contributed by atoms with E-state index in [0.29, 0.717) is 11.4 Å². The zero-order valence-corrected chi connectivity index (χ0v) is 13.7. The van der Waals surface area contributed by atoms with Crippen molar-refractivity contribution in [3.8, 4) is 0 Å². The van der Waals surface area contributed by atoms with Gasteiger partial charge in [-0.3, -0.25) is 0 Å². The molecule has 0 spiro atoms. The fourth-order valence-corrected chi connectivity index (χ4v) is 5.33. The van der Waals surface area contributed by atoms with Crippen molar-refractivity contribution in [3.63, 3.8) is 0 Å². The molecule has 1 aliphatic carbocycles. The molecular formula is C14H24N2O2S2. The summed E-state index contributed by atoms with van der Waals surface area (Å²) in [6.45, 7) is 3.48. The highest BCUT2D eigenvalue weighted by molar-refractivity contribution is 7.89. The van der Waals surface area contributed by atoms with Crippen LogP contribution < -0.4 is 10.0 Å². The molecule has 1 heterocycles. The second-order valence-electron chi connectivity index (χ2n) is 5.30. The molecule has 1 aliphatic rings. The maximum atomic E-state index is 12.5. The van der Waals surface area contributed by atoms with Gasteiger partial charge in [0.05, 0.1) is 4.90 Å². The van der Waals surface area contributed by atoms with Crippen LogP contribution in [0.3, 0.4) is 0 Å². The quantitative estimate of drug-likeness (QED) is 0.793. The van der Waals surface area contributed by atoms with Gasteiger partial charge in [-0.15, -0.1) is 11.3 Å². The van der Waals surface area contributed by atoms with Crippen molar-refractivity contribution in [2.45, 2.75) is 62.9 Å². The topological polar surface area (TPSA) is 58.2 Å². The molecule has 4 nitrogen and oxygen atoms in total. The normalized spacial score (nSPS) is 18.1. The predicted octanol–water partition coefficient (Wildman–Crippen LogP) is 2.86. The van der Waals surface area contributed by atoms with Crippen molar-refractivity contribution in [1.29, 1.82) is 0 Å². The van der Waals surface area contributed by atoms with Gasteiger partial charge in [-0.1, -0.05) is 32.6 Å². The molecule has 0 saturated heterocycles. The maximum Gasteiger partial charge on any atom is 0.241 e. The third kappa shape index (κ3) is 4.28. The minimum atomic E-state index is -3.37. The molecule has 6 heteroatoms. The summed E-state index contributed by atoms with van der Waals surface area (Å²) < 4.78 is 28.0. The van der Waals surface area contributed by atoms with Gasteiger partial charge >= 0.3 is 0 Å². The number of rotatable bonds is 6. The second kappa shape index (κ2) is 7.54. The summed E-state index contributed by atoms with van der Waals surface area (Å²) in [5.41, 5.74) is 0. The van der Waals surface area contributed by atoms with Crippen molar-refractivity contribution in [3.05, 3.63) is 16.3 Å². The molecule has 2 rings (SSSR count). The lowest BCUT2D eigenvalue weighted by Gasteiger charge is -2.16. The number of hydrogen-bond donors (Lipinski definition) is 2. The highest BCUT2D eigenvalue weighted by atomic mass is 32.2. The Kier molecular flexibility index (Phi) is 6.01. The Morgan fingerprint density at radius 1 is 1.25 bits per heavy atom. The van der Waals surface area contributed by atoms with E-state index in [9.17, 15) is 8.42 Å². The lowest BCUT2D eigenvalue weighted by molar-refractivity contribution is 0.509. The summed E-state index contributed by atoms with van der Waals surface area (Å²) in [5, 5.41) is 5.05. The Hall–Kier alpha value is -0.430. The number of sulfonamides is 1. The Bertz CT molecular complexity index is 503. The number of thiophene rings is 1. The summed E-state index contributed by atoms with van der Waals surface area (Å²) in [4.78, 5) is 1.35. The minimum Gasteiger partial charge on any atom is -0.312 e. The molecule has 0 atom stereocenters. The van der Waals surface area contributed by atoms with Crippen LogP contribution in [-0.4, -0.2) is 21.0 Å². The molecule has 2 N–H and O–H groups in total. The zero-order chi connectivity index (χ0) is 14.4. The Labute approximate surface area is 126 Å². The van der Waals surface area contributed by atoms with E-state index in [1.165, 1.54) is 24.2 Å². The molecule has 114 valence electrons. The second-order valence-corrected chi connectivity index (χ2v) is 7.98. The summed E-state index contributed by atoms with van der Waals surface area (Å²) in [6, 6.07) is 1.82. The highest BCUT2D eigenvalue weighted by Gasteiger charge is 2.24. The number of nitrogens with one attached hydrogen (secondary N) is 2. The number of hydrogen-bond acceptors (Lipinski definition) is 4. The van der Waals surface area contributed by atoms with Crippen molar-refractivity contribution in [1.82, 2.24) is 10.0 Å². The van der Waals surface area contributed by atoms with Crippen molar-refractivity contribution in [2.75, 3.05) is 6.54 Å². The molecule has 0 unspecified atom stereocenters. The van der Waals surface area contributed by atoms with Gasteiger partial charge in [0.2, 0.25) is 10.0 Å². The molecule has 0 radical (unpaired) electrons. The molecule has 1 saturated carbocycles. The van der Waals surface area contributed by atoms with Crippen LogP contribution in [0.1, 0.15) is 50.3 Å². The maximum absolute atomic E-state index is 12.5. The van der Waals surface area contributed by atoms with Crippen LogP contribution in [0.5, 0.6) is 0 Å². The van der Waals surface area contributed by atoms with Gasteiger partial charge in [-0.05, 0) is 30.8 Å². The van der Waals surface area contributed by atoms with Crippen LogP contribution in [0.25, 0.3) is 0 Å². The third-order valence-electron chi connectivity index (χ3n) is 3.71. The lowest BCUT2D eigenvalue weighted by atomic mass is 10.1. The van der Waals surface area contributed by atoms with Crippen molar-refractivity contribution in [2.24, 2.45) is 0 Å². The molecule has 1 aromatic heterocycles. The molecule has 1 fully saturated rings. The molecule has 1 aromatic rings. The van der Waals surface area contributed by atoms with Crippen LogP contribution in [0.2, 0.25) is 0 Å². The third-order valence-corrected chi connectivity index (χ3v) is 6.36. The van der Waals surface area contributed by atoms with Gasteiger partial charge in [-0.25, -0.2) is 13.1 Å². The standard InChI is InChI=1S/C14H24N2O2S2/c1-2-15-11-13-14(9-10-19-13)20(17,18)16-12-7-5-3-4-6-8-12/h9-10,12,15-16H,2-8,11H2,1H3. The van der Waals surface area contributed by atoms with E-state index >= 15 is 0 Å². The van der Waals surface area contributed by atoms with Gasteiger partial charge in [0.15, 0.2) is 0 Å². The van der Waals surface area contributed by atoms with E-state index in [0.717, 1.165) is 37.1 Å². The Morgan fingerprint density at radius 2 is 1.95 bits per heavy atom. The van der Waals surface area contributed by atoms with Gasteiger partial charge in [-0.2, -0.15) is 0 Å². The molecule has 20 heavy (non-hydrogen) atoms. The van der Waals surface area contributed by atoms with Crippen molar-refractivity contribution >= 4 is 21.4 Å². The Balaban J connectivity index is 2.07. The average molecular weight is 316 g/mol. The summed E-state index contributed by atoms with van der Waals surface area (Å²) in [6.07, 6.45) is 6.63. The van der Waals surface area contributed by atoms with Gasteiger partial charge in [0.25, 0.3) is 0 Å². The summed E-state index contributed by atoms with van der Waals surface area (Å²) >= 11 is 1.50. The van der Waals surface area contributed by atoms with Crippen LogP contribution in [-0.2, 0) is 16.6 Å². The lowest BCUT2D eigenvalue weighted by Crippen LogP contribution is -2.34. The van der Waals surface area contributed by atoms with Crippen LogP contribution in [0, 0.1) is 0 Å². The fourth-order valence-electron chi connectivity index (χ4n) is 2.62. The zero-order valence-electron chi connectivity index (χ0n) is 12.0. The summed E-state index contributed by atoms with van der Waals surface area (Å²) in [5.74, 6) is 0. The molecular weight excluding hydrogens is 292 g/mol. The van der Waals surface area contributed by atoms with E-state index in [2.05, 4.69) is 10.0 Å². The molecule has 0 amide bonds. The fraction of sp³-hybridized carbons (Fsp3) is 0.714. The van der Waals surface area contributed by atoms with Crippen LogP contribution in [0.15, 0.2) is 16.3 Å². The van der Waals surface area contributed by atoms with E-state index in [-0.39, 0.29) is 6.04 Å². The largest absolute Gasteiger partial charge is 0.312 e. The van der Waals surface area contributed by atoms with Gasteiger partial charge in [0, 0.05) is 17.5 Å². The first-order chi connectivity index (χ1) is 9.63. The molecule has 0 aliphatic heterocycles. The Morgan fingerprint density at radius 3 is 2.60 bits per heavy atom. The first kappa shape index (κ1) is 15.9. The first-order valence-electron chi connectivity index (χ1n) is 7.43. The highest BCUT2D eigenvalue weighted by Crippen LogP contribution is 2.24. The minimum absolute atomic E-state index is 0.106. The molecule has 0 bridgehead atoms. The monoisotopic (exact) mass is 316 g/mol. The average Bonchev–Trinajstić information content (AvgIpc) is 2.76. The predicted molar refractivity (Wildman–Crippen MR) is 83.5 cm³/mol. The van der Waals surface area contributed by atoms with Gasteiger partial charge in [0.1, 0.15) is 0 Å². The van der Waals surface area contributed by atoms with E-state index < -0.39 is 10.0 Å². The summed E-state index contributed by atoms with van der Waals surface area (Å²) in [7, 11) is -3.37. The smallest absolute Gasteiger partial charge is 0.241 e. The SMILES string of the molecule is CCNCc1sccc1S(=O)(=O)NC1CCCCCC1. The van der Waals surface area contributed by atoms with E-state index in [4.69, 9.17) is 0 Å². The van der Waals surface area contributed by atoms with Crippen molar-refractivity contribution < 1.29 is 8.42 Å². The molecule has 0 aromatic carbocycles. The van der Waals surface area contributed by atoms with Crippen LogP contribution in [0.4, 0.5) is 0 Å². The van der Waals surface area contributed by atoms with Crippen LogP contribution >= 0.6 is 11.3 Å². The van der Waals surface area contributed by atoms with Gasteiger partial charge < -0.3 is 5.32 Å². The van der Waals surface area contributed by atoms with E-state index in [1.807, 2.05) is 12.3 Å². The first-order valence-corrected chi connectivity index (χ1v) is 9.79.